The summed E-state index contributed by atoms with van der Waals surface area (Å²) in [7, 11) is 1.25. The maximum absolute atomic E-state index is 14.1. The molecule has 0 radical (unpaired) electrons. The molecule has 2 heterocycles. The first-order valence-electron chi connectivity index (χ1n) is 14.2. The summed E-state index contributed by atoms with van der Waals surface area (Å²) in [5, 5.41) is 0.545. The van der Waals surface area contributed by atoms with Crippen LogP contribution in [-0.4, -0.2) is 91.1 Å². The van der Waals surface area contributed by atoms with E-state index in [4.69, 9.17) is 24.9 Å². The monoisotopic (exact) mass is 584 g/mol. The molecule has 2 N–H and O–H groups in total. The van der Waals surface area contributed by atoms with E-state index in [2.05, 4.69) is 0 Å². The molecule has 1 aromatic carbocycles. The molecule has 1 saturated heterocycles. The predicted octanol–water partition coefficient (Wildman–Crippen LogP) is 2.97. The van der Waals surface area contributed by atoms with Crippen LogP contribution < -0.4 is 5.73 Å². The average molecular weight is 585 g/mol. The standard InChI is InChI=1S/C30H40N4O8/c1-6-41-29(38)23(18(3)4)24-19-10-8-9-11-21(19)32-26(25(24)27(31)36)20(12-13-22(35)40-5)28(37)33-14-16-34(17-15-33)30(39)42-7-2/h8-11,18,20,23H,6-7,12-17H2,1-5H3,(H2,31,36). The van der Waals surface area contributed by atoms with Gasteiger partial charge in [-0.1, -0.05) is 32.0 Å². The molecule has 3 amide bonds. The highest BCUT2D eigenvalue weighted by Crippen LogP contribution is 2.39. The van der Waals surface area contributed by atoms with Crippen molar-refractivity contribution in [1.29, 1.82) is 0 Å². The van der Waals surface area contributed by atoms with Crippen molar-refractivity contribution in [2.24, 2.45) is 11.7 Å². The quantitative estimate of drug-likeness (QED) is 0.309. The minimum Gasteiger partial charge on any atom is -0.469 e. The number of rotatable bonds is 11. The van der Waals surface area contributed by atoms with E-state index in [0.29, 0.717) is 16.5 Å². The number of fused-ring (bicyclic) bond motifs is 1. The van der Waals surface area contributed by atoms with Gasteiger partial charge in [-0.15, -0.1) is 0 Å². The first-order valence-corrected chi connectivity index (χ1v) is 14.2. The van der Waals surface area contributed by atoms with Crippen LogP contribution in [0.3, 0.4) is 0 Å². The van der Waals surface area contributed by atoms with Gasteiger partial charge in [-0.2, -0.15) is 0 Å². The zero-order chi connectivity index (χ0) is 31.0. The van der Waals surface area contributed by atoms with Gasteiger partial charge in [0.2, 0.25) is 5.91 Å². The number of aromatic nitrogens is 1. The van der Waals surface area contributed by atoms with Crippen LogP contribution in [-0.2, 0) is 28.6 Å². The van der Waals surface area contributed by atoms with Crippen molar-refractivity contribution in [3.63, 3.8) is 0 Å². The molecule has 2 unspecified atom stereocenters. The molecule has 1 aliphatic rings. The SMILES string of the molecule is CCOC(=O)C(c1c(C(N)=O)c(C(CCC(=O)OC)C(=O)N2CCN(C(=O)OCC)CC2)nc2ccccc12)C(C)C. The Morgan fingerprint density at radius 2 is 1.57 bits per heavy atom. The molecule has 2 aromatic rings. The molecule has 12 nitrogen and oxygen atoms in total. The molecule has 1 aliphatic heterocycles. The number of primary amides is 1. The number of carbonyl (C=O) groups is 5. The average Bonchev–Trinajstić information content (AvgIpc) is 2.97. The number of pyridine rings is 1. The molecule has 0 aliphatic carbocycles. The summed E-state index contributed by atoms with van der Waals surface area (Å²) in [4.78, 5) is 72.9. The first kappa shape index (κ1) is 32.3. The van der Waals surface area contributed by atoms with Crippen molar-refractivity contribution in [3.05, 3.63) is 41.1 Å². The second-order valence-electron chi connectivity index (χ2n) is 10.3. The van der Waals surface area contributed by atoms with E-state index in [1.165, 1.54) is 12.0 Å². The van der Waals surface area contributed by atoms with Crippen LogP contribution in [0, 0.1) is 5.92 Å². The van der Waals surface area contributed by atoms with Gasteiger partial charge in [-0.05, 0) is 37.8 Å². The van der Waals surface area contributed by atoms with E-state index in [-0.39, 0.29) is 75.3 Å². The van der Waals surface area contributed by atoms with Gasteiger partial charge in [-0.25, -0.2) is 4.79 Å². The number of piperazine rings is 1. The first-order chi connectivity index (χ1) is 20.0. The molecule has 3 rings (SSSR count). The third-order valence-electron chi connectivity index (χ3n) is 7.34. The predicted molar refractivity (Wildman–Crippen MR) is 154 cm³/mol. The van der Waals surface area contributed by atoms with Gasteiger partial charge in [0.05, 0.1) is 48.9 Å². The summed E-state index contributed by atoms with van der Waals surface area (Å²) in [6.45, 7) is 8.42. The number of hydrogen-bond donors (Lipinski definition) is 1. The maximum Gasteiger partial charge on any atom is 0.409 e. The molecule has 0 spiro atoms. The smallest absolute Gasteiger partial charge is 0.409 e. The van der Waals surface area contributed by atoms with E-state index in [9.17, 15) is 24.0 Å². The van der Waals surface area contributed by atoms with Crippen molar-refractivity contribution >= 4 is 40.7 Å². The van der Waals surface area contributed by atoms with Crippen LogP contribution in [0.4, 0.5) is 4.79 Å². The van der Waals surface area contributed by atoms with Gasteiger partial charge in [0.1, 0.15) is 0 Å². The summed E-state index contributed by atoms with van der Waals surface area (Å²) >= 11 is 0. The topological polar surface area (TPSA) is 158 Å². The molecule has 12 heteroatoms. The lowest BCUT2D eigenvalue weighted by Crippen LogP contribution is -2.52. The lowest BCUT2D eigenvalue weighted by atomic mass is 9.80. The molecule has 2 atom stereocenters. The summed E-state index contributed by atoms with van der Waals surface area (Å²) in [5.41, 5.74) is 6.86. The number of ether oxygens (including phenoxy) is 3. The fraction of sp³-hybridized carbons (Fsp3) is 0.533. The molecular formula is C30H40N4O8. The maximum atomic E-state index is 14.1. The molecule has 0 bridgehead atoms. The largest absolute Gasteiger partial charge is 0.469 e. The van der Waals surface area contributed by atoms with Crippen LogP contribution >= 0.6 is 0 Å². The lowest BCUT2D eigenvalue weighted by Gasteiger charge is -2.36. The fourth-order valence-electron chi connectivity index (χ4n) is 5.33. The lowest BCUT2D eigenvalue weighted by molar-refractivity contribution is -0.146. The van der Waals surface area contributed by atoms with E-state index in [1.807, 2.05) is 13.8 Å². The summed E-state index contributed by atoms with van der Waals surface area (Å²) in [6.07, 6.45) is -0.591. The third-order valence-corrected chi connectivity index (χ3v) is 7.34. The number of para-hydroxylation sites is 1. The normalized spacial score (nSPS) is 14.8. The zero-order valence-electron chi connectivity index (χ0n) is 24.9. The Morgan fingerprint density at radius 1 is 0.952 bits per heavy atom. The molecule has 1 aromatic heterocycles. The Hall–Kier alpha value is -4.22. The van der Waals surface area contributed by atoms with E-state index < -0.39 is 35.8 Å². The molecule has 0 saturated carbocycles. The number of benzene rings is 1. The highest BCUT2D eigenvalue weighted by Gasteiger charge is 2.38. The van der Waals surface area contributed by atoms with Crippen molar-refractivity contribution in [2.45, 2.75) is 52.4 Å². The van der Waals surface area contributed by atoms with Crippen LogP contribution in [0.15, 0.2) is 24.3 Å². The van der Waals surface area contributed by atoms with Crippen molar-refractivity contribution in [2.75, 3.05) is 46.5 Å². The number of hydrogen-bond acceptors (Lipinski definition) is 9. The molecular weight excluding hydrogens is 544 g/mol. The van der Waals surface area contributed by atoms with Crippen molar-refractivity contribution in [1.82, 2.24) is 14.8 Å². The summed E-state index contributed by atoms with van der Waals surface area (Å²) < 4.78 is 15.3. The van der Waals surface area contributed by atoms with Gasteiger partial charge < -0.3 is 29.7 Å². The van der Waals surface area contributed by atoms with Crippen molar-refractivity contribution in [3.8, 4) is 0 Å². The number of nitrogens with zero attached hydrogens (tertiary/aromatic N) is 3. The van der Waals surface area contributed by atoms with E-state index >= 15 is 0 Å². The molecule has 1 fully saturated rings. The van der Waals surface area contributed by atoms with Gasteiger partial charge in [-0.3, -0.25) is 24.2 Å². The summed E-state index contributed by atoms with van der Waals surface area (Å²) in [5.74, 6) is -4.51. The van der Waals surface area contributed by atoms with Gasteiger partial charge >= 0.3 is 18.0 Å². The van der Waals surface area contributed by atoms with Gasteiger partial charge in [0.25, 0.3) is 5.91 Å². The van der Waals surface area contributed by atoms with E-state index in [1.54, 1.807) is 43.0 Å². The third kappa shape index (κ3) is 7.15. The highest BCUT2D eigenvalue weighted by molar-refractivity contribution is 6.05. The number of nitrogens with two attached hydrogens (primary N) is 1. The van der Waals surface area contributed by atoms with Crippen LogP contribution in [0.25, 0.3) is 10.9 Å². The second-order valence-corrected chi connectivity index (χ2v) is 10.3. The molecule has 228 valence electrons. The minimum atomic E-state index is -1.06. The Balaban J connectivity index is 2.19. The zero-order valence-corrected chi connectivity index (χ0v) is 24.9. The Morgan fingerprint density at radius 3 is 2.14 bits per heavy atom. The Kier molecular flexibility index (Phi) is 11.2. The Labute approximate surface area is 245 Å². The highest BCUT2D eigenvalue weighted by atomic mass is 16.6. The van der Waals surface area contributed by atoms with Crippen LogP contribution in [0.2, 0.25) is 0 Å². The number of amides is 3. The van der Waals surface area contributed by atoms with Gasteiger partial charge in [0.15, 0.2) is 0 Å². The van der Waals surface area contributed by atoms with E-state index in [0.717, 1.165) is 0 Å². The number of esters is 2. The number of methoxy groups -OCH3 is 1. The van der Waals surface area contributed by atoms with Crippen LogP contribution in [0.5, 0.6) is 0 Å². The van der Waals surface area contributed by atoms with Gasteiger partial charge in [0, 0.05) is 38.0 Å². The Bertz CT molecular complexity index is 1320. The molecule has 42 heavy (non-hydrogen) atoms. The fourth-order valence-corrected chi connectivity index (χ4v) is 5.33. The summed E-state index contributed by atoms with van der Waals surface area (Å²) in [6, 6.07) is 7.02. The second kappa shape index (κ2) is 14.6. The minimum absolute atomic E-state index is 0.0135. The number of carbonyl (C=O) groups excluding carboxylic acids is 5. The van der Waals surface area contributed by atoms with Crippen LogP contribution in [0.1, 0.15) is 74.0 Å². The van der Waals surface area contributed by atoms with Crippen molar-refractivity contribution < 1.29 is 38.2 Å².